The largest absolute Gasteiger partial charge is 0.379 e. The van der Waals surface area contributed by atoms with Crippen molar-refractivity contribution in [3.8, 4) is 0 Å². The van der Waals surface area contributed by atoms with Gasteiger partial charge in [-0.05, 0) is 41.0 Å². The van der Waals surface area contributed by atoms with E-state index >= 15 is 0 Å². The Labute approximate surface area is 169 Å². The predicted octanol–water partition coefficient (Wildman–Crippen LogP) is 4.16. The molecule has 2 aromatic rings. The average molecular weight is 405 g/mol. The van der Waals surface area contributed by atoms with Crippen LogP contribution in [0.1, 0.15) is 16.7 Å². The molecule has 0 saturated carbocycles. The van der Waals surface area contributed by atoms with Crippen molar-refractivity contribution in [3.63, 3.8) is 0 Å². The van der Waals surface area contributed by atoms with Gasteiger partial charge in [-0.15, -0.1) is 0 Å². The van der Waals surface area contributed by atoms with Crippen molar-refractivity contribution in [1.29, 1.82) is 0 Å². The highest BCUT2D eigenvalue weighted by atomic mass is 35.5. The van der Waals surface area contributed by atoms with Gasteiger partial charge in [0.15, 0.2) is 0 Å². The standard InChI is InChI=1S/C21H22Cl2N2O2/c22-19-11-18(12-20(23)13-19)5-6-21(26)24-14-16-1-3-17(4-2-16)15-25-7-9-27-10-8-25/h1-6,11-13H,7-10,14-15H2,(H,24,26)/b6-5+. The van der Waals surface area contributed by atoms with Crippen LogP contribution in [0.25, 0.3) is 6.08 Å². The molecule has 3 rings (SSSR count). The van der Waals surface area contributed by atoms with E-state index in [1.54, 1.807) is 24.3 Å². The Morgan fingerprint density at radius 1 is 1.04 bits per heavy atom. The van der Waals surface area contributed by atoms with E-state index in [0.29, 0.717) is 16.6 Å². The summed E-state index contributed by atoms with van der Waals surface area (Å²) in [5.74, 6) is -0.163. The Bertz CT molecular complexity index is 780. The number of ether oxygens (including phenoxy) is 1. The molecule has 0 spiro atoms. The number of nitrogens with zero attached hydrogens (tertiary/aromatic N) is 1. The maximum Gasteiger partial charge on any atom is 0.244 e. The minimum Gasteiger partial charge on any atom is -0.379 e. The van der Waals surface area contributed by atoms with E-state index in [-0.39, 0.29) is 5.91 Å². The first-order valence-electron chi connectivity index (χ1n) is 8.88. The predicted molar refractivity (Wildman–Crippen MR) is 110 cm³/mol. The van der Waals surface area contributed by atoms with Crippen LogP contribution >= 0.6 is 23.2 Å². The van der Waals surface area contributed by atoms with Crippen molar-refractivity contribution in [3.05, 3.63) is 75.3 Å². The van der Waals surface area contributed by atoms with Crippen LogP contribution in [0.15, 0.2) is 48.5 Å². The fourth-order valence-electron chi connectivity index (χ4n) is 2.87. The molecule has 0 aromatic heterocycles. The van der Waals surface area contributed by atoms with E-state index in [2.05, 4.69) is 34.5 Å². The fourth-order valence-corrected chi connectivity index (χ4v) is 3.41. The Hall–Kier alpha value is -1.85. The SMILES string of the molecule is O=C(/C=C/c1cc(Cl)cc(Cl)c1)NCc1ccc(CN2CCOCC2)cc1. The minimum absolute atomic E-state index is 0.163. The van der Waals surface area contributed by atoms with Crippen LogP contribution in [-0.4, -0.2) is 37.1 Å². The number of carbonyl (C=O) groups excluding carboxylic acids is 1. The highest BCUT2D eigenvalue weighted by Gasteiger charge is 2.10. The van der Waals surface area contributed by atoms with Gasteiger partial charge in [-0.25, -0.2) is 0 Å². The Kier molecular flexibility index (Phi) is 7.30. The molecule has 0 atom stereocenters. The van der Waals surface area contributed by atoms with Crippen LogP contribution in [0, 0.1) is 0 Å². The first-order valence-corrected chi connectivity index (χ1v) is 9.64. The van der Waals surface area contributed by atoms with Gasteiger partial charge in [-0.2, -0.15) is 0 Å². The second-order valence-corrected chi connectivity index (χ2v) is 7.33. The third kappa shape index (κ3) is 6.67. The number of hydrogen-bond acceptors (Lipinski definition) is 3. The van der Waals surface area contributed by atoms with Gasteiger partial charge in [-0.3, -0.25) is 9.69 Å². The maximum absolute atomic E-state index is 12.0. The second-order valence-electron chi connectivity index (χ2n) is 6.46. The lowest BCUT2D eigenvalue weighted by Gasteiger charge is -2.26. The highest BCUT2D eigenvalue weighted by molar-refractivity contribution is 6.34. The maximum atomic E-state index is 12.0. The minimum atomic E-state index is -0.163. The van der Waals surface area contributed by atoms with E-state index in [0.717, 1.165) is 44.0 Å². The van der Waals surface area contributed by atoms with Crippen molar-refractivity contribution >= 4 is 35.2 Å². The molecule has 6 heteroatoms. The van der Waals surface area contributed by atoms with Gasteiger partial charge in [0, 0.05) is 42.3 Å². The van der Waals surface area contributed by atoms with Crippen LogP contribution in [-0.2, 0) is 22.6 Å². The molecule has 27 heavy (non-hydrogen) atoms. The molecular weight excluding hydrogens is 383 g/mol. The first-order chi connectivity index (χ1) is 13.1. The summed E-state index contributed by atoms with van der Waals surface area (Å²) in [6.45, 7) is 4.97. The molecule has 1 heterocycles. The highest BCUT2D eigenvalue weighted by Crippen LogP contribution is 2.19. The Morgan fingerprint density at radius 2 is 1.67 bits per heavy atom. The van der Waals surface area contributed by atoms with Crippen LogP contribution in [0.5, 0.6) is 0 Å². The normalized spacial score (nSPS) is 15.2. The molecular formula is C21H22Cl2N2O2. The van der Waals surface area contributed by atoms with Crippen molar-refractivity contribution in [2.75, 3.05) is 26.3 Å². The number of rotatable bonds is 6. The smallest absolute Gasteiger partial charge is 0.244 e. The molecule has 1 N–H and O–H groups in total. The molecule has 1 amide bonds. The summed E-state index contributed by atoms with van der Waals surface area (Å²) in [6, 6.07) is 13.5. The summed E-state index contributed by atoms with van der Waals surface area (Å²) in [5.41, 5.74) is 3.12. The summed E-state index contributed by atoms with van der Waals surface area (Å²) in [7, 11) is 0. The van der Waals surface area contributed by atoms with Gasteiger partial charge in [0.05, 0.1) is 13.2 Å². The van der Waals surface area contributed by atoms with Crippen LogP contribution in [0.4, 0.5) is 0 Å². The third-order valence-corrected chi connectivity index (χ3v) is 4.75. The molecule has 1 aliphatic heterocycles. The number of morpholine rings is 1. The molecule has 2 aromatic carbocycles. The van der Waals surface area contributed by atoms with Gasteiger partial charge in [0.25, 0.3) is 0 Å². The summed E-state index contributed by atoms with van der Waals surface area (Å²) in [6.07, 6.45) is 3.17. The van der Waals surface area contributed by atoms with E-state index in [9.17, 15) is 4.79 Å². The number of benzene rings is 2. The zero-order valence-corrected chi connectivity index (χ0v) is 16.5. The van der Waals surface area contributed by atoms with Gasteiger partial charge >= 0.3 is 0 Å². The van der Waals surface area contributed by atoms with Crippen LogP contribution in [0.3, 0.4) is 0 Å². The van der Waals surface area contributed by atoms with Crippen LogP contribution in [0.2, 0.25) is 10.0 Å². The van der Waals surface area contributed by atoms with Crippen LogP contribution < -0.4 is 5.32 Å². The monoisotopic (exact) mass is 404 g/mol. The lowest BCUT2D eigenvalue weighted by molar-refractivity contribution is -0.116. The number of hydrogen-bond donors (Lipinski definition) is 1. The van der Waals surface area contributed by atoms with Crippen molar-refractivity contribution < 1.29 is 9.53 Å². The molecule has 142 valence electrons. The molecule has 1 fully saturated rings. The zero-order valence-electron chi connectivity index (χ0n) is 15.0. The molecule has 0 unspecified atom stereocenters. The van der Waals surface area contributed by atoms with Gasteiger partial charge in [-0.1, -0.05) is 47.5 Å². The molecule has 1 aliphatic rings. The second kappa shape index (κ2) is 9.90. The molecule has 0 radical (unpaired) electrons. The van der Waals surface area contributed by atoms with E-state index in [4.69, 9.17) is 27.9 Å². The summed E-state index contributed by atoms with van der Waals surface area (Å²) >= 11 is 11.9. The van der Waals surface area contributed by atoms with Gasteiger partial charge in [0.1, 0.15) is 0 Å². The van der Waals surface area contributed by atoms with Crippen molar-refractivity contribution in [1.82, 2.24) is 10.2 Å². The Morgan fingerprint density at radius 3 is 2.33 bits per heavy atom. The third-order valence-electron chi connectivity index (χ3n) is 4.31. The van der Waals surface area contributed by atoms with E-state index in [1.165, 1.54) is 11.6 Å². The quantitative estimate of drug-likeness (QED) is 0.734. The molecule has 0 bridgehead atoms. The lowest BCUT2D eigenvalue weighted by Crippen LogP contribution is -2.35. The van der Waals surface area contributed by atoms with E-state index < -0.39 is 0 Å². The fraction of sp³-hybridized carbons (Fsp3) is 0.286. The molecule has 1 saturated heterocycles. The number of carbonyl (C=O) groups is 1. The van der Waals surface area contributed by atoms with E-state index in [1.807, 2.05) is 0 Å². The van der Waals surface area contributed by atoms with Crippen molar-refractivity contribution in [2.24, 2.45) is 0 Å². The summed E-state index contributed by atoms with van der Waals surface area (Å²) < 4.78 is 5.37. The number of amides is 1. The van der Waals surface area contributed by atoms with Gasteiger partial charge < -0.3 is 10.1 Å². The zero-order chi connectivity index (χ0) is 19.1. The van der Waals surface area contributed by atoms with Crippen molar-refractivity contribution in [2.45, 2.75) is 13.1 Å². The van der Waals surface area contributed by atoms with Gasteiger partial charge in [0.2, 0.25) is 5.91 Å². The first kappa shape index (κ1) is 19.9. The number of nitrogens with one attached hydrogen (secondary N) is 1. The average Bonchev–Trinajstić information content (AvgIpc) is 2.66. The number of halogens is 2. The lowest BCUT2D eigenvalue weighted by atomic mass is 10.1. The molecule has 0 aliphatic carbocycles. The summed E-state index contributed by atoms with van der Waals surface area (Å²) in [5, 5.41) is 3.96. The summed E-state index contributed by atoms with van der Waals surface area (Å²) in [4.78, 5) is 14.4. The topological polar surface area (TPSA) is 41.6 Å². The Balaban J connectivity index is 1.47. The molecule has 4 nitrogen and oxygen atoms in total.